The van der Waals surface area contributed by atoms with Crippen LogP contribution in [0.3, 0.4) is 0 Å². The van der Waals surface area contributed by atoms with E-state index in [1.165, 1.54) is 18.0 Å². The van der Waals surface area contributed by atoms with Crippen LogP contribution in [0.4, 0.5) is 5.69 Å². The Hall–Kier alpha value is -3.24. The smallest absolute Gasteiger partial charge is 0.348 e. The SMILES string of the molecule is COCCOC(=O)c1sc2ncn(CC(=O)Nc3ccc(OC(C)C)cc3)c(=O)c2c1C. The van der Waals surface area contributed by atoms with Gasteiger partial charge >= 0.3 is 5.97 Å². The number of thiophene rings is 1. The van der Waals surface area contributed by atoms with Crippen molar-refractivity contribution in [1.29, 1.82) is 0 Å². The van der Waals surface area contributed by atoms with Crippen LogP contribution in [-0.4, -0.2) is 47.9 Å². The van der Waals surface area contributed by atoms with Crippen molar-refractivity contribution in [3.05, 3.63) is 51.4 Å². The highest BCUT2D eigenvalue weighted by Gasteiger charge is 2.21. The van der Waals surface area contributed by atoms with Crippen molar-refractivity contribution in [2.24, 2.45) is 0 Å². The highest BCUT2D eigenvalue weighted by molar-refractivity contribution is 7.20. The van der Waals surface area contributed by atoms with Crippen molar-refractivity contribution >= 4 is 39.1 Å². The van der Waals surface area contributed by atoms with E-state index in [-0.39, 0.29) is 31.8 Å². The van der Waals surface area contributed by atoms with Gasteiger partial charge in [0.15, 0.2) is 0 Å². The summed E-state index contributed by atoms with van der Waals surface area (Å²) >= 11 is 1.09. The number of aryl methyl sites for hydroxylation is 1. The van der Waals surface area contributed by atoms with Gasteiger partial charge < -0.3 is 19.5 Å². The third-order valence-corrected chi connectivity index (χ3v) is 5.63. The molecule has 3 aromatic rings. The van der Waals surface area contributed by atoms with E-state index in [4.69, 9.17) is 14.2 Å². The van der Waals surface area contributed by atoms with Gasteiger partial charge in [-0.15, -0.1) is 11.3 Å². The Balaban J connectivity index is 1.74. The van der Waals surface area contributed by atoms with Gasteiger partial charge in [-0.1, -0.05) is 0 Å². The molecular weight excluding hydrogens is 434 g/mol. The highest BCUT2D eigenvalue weighted by Crippen LogP contribution is 2.27. The lowest BCUT2D eigenvalue weighted by Gasteiger charge is -2.11. The Kier molecular flexibility index (Phi) is 7.60. The Morgan fingerprint density at radius 3 is 2.56 bits per heavy atom. The molecule has 0 aliphatic heterocycles. The second kappa shape index (κ2) is 10.4. The molecule has 10 heteroatoms. The van der Waals surface area contributed by atoms with E-state index >= 15 is 0 Å². The molecule has 0 aliphatic rings. The summed E-state index contributed by atoms with van der Waals surface area (Å²) in [7, 11) is 1.51. The van der Waals surface area contributed by atoms with Crippen LogP contribution in [-0.2, 0) is 20.8 Å². The molecule has 0 fully saturated rings. The van der Waals surface area contributed by atoms with Gasteiger partial charge in [-0.05, 0) is 50.6 Å². The number of hydrogen-bond donors (Lipinski definition) is 1. The largest absolute Gasteiger partial charge is 0.491 e. The van der Waals surface area contributed by atoms with Gasteiger partial charge in [-0.3, -0.25) is 14.2 Å². The number of rotatable bonds is 9. The maximum atomic E-state index is 12.9. The molecular formula is C22H25N3O6S. The number of methoxy groups -OCH3 is 1. The van der Waals surface area contributed by atoms with E-state index in [2.05, 4.69) is 10.3 Å². The number of amides is 1. The van der Waals surface area contributed by atoms with E-state index in [9.17, 15) is 14.4 Å². The summed E-state index contributed by atoms with van der Waals surface area (Å²) in [5, 5.41) is 3.05. The first-order valence-electron chi connectivity index (χ1n) is 10.0. The predicted octanol–water partition coefficient (Wildman–Crippen LogP) is 3.00. The number of aromatic nitrogens is 2. The van der Waals surface area contributed by atoms with Gasteiger partial charge in [0, 0.05) is 12.8 Å². The van der Waals surface area contributed by atoms with Crippen molar-refractivity contribution < 1.29 is 23.8 Å². The molecule has 0 saturated heterocycles. The summed E-state index contributed by atoms with van der Waals surface area (Å²) in [5.74, 6) is -0.206. The molecule has 0 aliphatic carbocycles. The summed E-state index contributed by atoms with van der Waals surface area (Å²) in [5.41, 5.74) is 0.678. The maximum Gasteiger partial charge on any atom is 0.348 e. The predicted molar refractivity (Wildman–Crippen MR) is 122 cm³/mol. The van der Waals surface area contributed by atoms with Gasteiger partial charge in [0.05, 0.1) is 24.4 Å². The molecule has 9 nitrogen and oxygen atoms in total. The topological polar surface area (TPSA) is 109 Å². The number of nitrogens with one attached hydrogen (secondary N) is 1. The fourth-order valence-corrected chi connectivity index (χ4v) is 4.03. The minimum atomic E-state index is -0.531. The molecule has 2 heterocycles. The number of carbonyl (C=O) groups excluding carboxylic acids is 2. The van der Waals surface area contributed by atoms with E-state index in [1.54, 1.807) is 31.2 Å². The summed E-state index contributed by atoms with van der Waals surface area (Å²) in [6.45, 7) is 5.71. The van der Waals surface area contributed by atoms with Crippen molar-refractivity contribution in [3.63, 3.8) is 0 Å². The van der Waals surface area contributed by atoms with Crippen LogP contribution < -0.4 is 15.6 Å². The fourth-order valence-electron chi connectivity index (χ4n) is 2.99. The van der Waals surface area contributed by atoms with Crippen LogP contribution in [0.1, 0.15) is 29.1 Å². The van der Waals surface area contributed by atoms with Crippen molar-refractivity contribution in [3.8, 4) is 5.75 Å². The van der Waals surface area contributed by atoms with Gasteiger partial charge in [-0.25, -0.2) is 9.78 Å². The number of nitrogens with zero attached hydrogens (tertiary/aromatic N) is 2. The van der Waals surface area contributed by atoms with Crippen LogP contribution in [0.5, 0.6) is 5.75 Å². The summed E-state index contributed by atoms with van der Waals surface area (Å²) in [6.07, 6.45) is 1.36. The standard InChI is InChI=1S/C22H25N3O6S/c1-13(2)31-16-7-5-15(6-8-16)24-17(26)11-25-12-23-20-18(21(25)27)14(3)19(32-20)22(28)30-10-9-29-4/h5-8,12-13H,9-11H2,1-4H3,(H,24,26). The number of anilines is 1. The van der Waals surface area contributed by atoms with Gasteiger partial charge in [-0.2, -0.15) is 0 Å². The summed E-state index contributed by atoms with van der Waals surface area (Å²) in [4.78, 5) is 42.7. The molecule has 0 saturated carbocycles. The highest BCUT2D eigenvalue weighted by atomic mass is 32.1. The second-order valence-corrected chi connectivity index (χ2v) is 8.28. The Morgan fingerprint density at radius 1 is 1.19 bits per heavy atom. The molecule has 0 atom stereocenters. The number of ether oxygens (including phenoxy) is 3. The van der Waals surface area contributed by atoms with E-state index in [0.29, 0.717) is 32.1 Å². The van der Waals surface area contributed by atoms with Crippen molar-refractivity contribution in [2.45, 2.75) is 33.4 Å². The quantitative estimate of drug-likeness (QED) is 0.387. The molecule has 0 bridgehead atoms. The van der Waals surface area contributed by atoms with Crippen LogP contribution in [0, 0.1) is 6.92 Å². The lowest BCUT2D eigenvalue weighted by molar-refractivity contribution is -0.116. The van der Waals surface area contributed by atoms with Gasteiger partial charge in [0.25, 0.3) is 5.56 Å². The normalized spacial score (nSPS) is 11.0. The zero-order valence-corrected chi connectivity index (χ0v) is 19.2. The molecule has 0 spiro atoms. The maximum absolute atomic E-state index is 12.9. The van der Waals surface area contributed by atoms with Crippen LogP contribution in [0.15, 0.2) is 35.4 Å². The third-order valence-electron chi connectivity index (χ3n) is 4.45. The summed E-state index contributed by atoms with van der Waals surface area (Å²) < 4.78 is 16.8. The Morgan fingerprint density at radius 2 is 1.91 bits per heavy atom. The van der Waals surface area contributed by atoms with E-state index in [1.807, 2.05) is 13.8 Å². The first kappa shape index (κ1) is 23.4. The van der Waals surface area contributed by atoms with Crippen molar-refractivity contribution in [1.82, 2.24) is 9.55 Å². The number of hydrogen-bond acceptors (Lipinski definition) is 8. The molecule has 0 unspecified atom stereocenters. The second-order valence-electron chi connectivity index (χ2n) is 7.28. The Labute approximate surface area is 188 Å². The molecule has 1 amide bonds. The third kappa shape index (κ3) is 5.51. The van der Waals surface area contributed by atoms with Crippen LogP contribution in [0.25, 0.3) is 10.2 Å². The van der Waals surface area contributed by atoms with Gasteiger partial charge in [0.2, 0.25) is 5.91 Å². The van der Waals surface area contributed by atoms with E-state index < -0.39 is 11.5 Å². The van der Waals surface area contributed by atoms with Crippen LogP contribution >= 0.6 is 11.3 Å². The summed E-state index contributed by atoms with van der Waals surface area (Å²) in [6, 6.07) is 6.98. The first-order valence-corrected chi connectivity index (χ1v) is 10.8. The number of benzene rings is 1. The van der Waals surface area contributed by atoms with Gasteiger partial charge in [0.1, 0.15) is 28.6 Å². The lowest BCUT2D eigenvalue weighted by atomic mass is 10.2. The lowest BCUT2D eigenvalue weighted by Crippen LogP contribution is -2.27. The molecule has 1 aromatic carbocycles. The molecule has 170 valence electrons. The average Bonchev–Trinajstić information content (AvgIpc) is 3.08. The Bertz CT molecular complexity index is 1170. The minimum absolute atomic E-state index is 0.0537. The van der Waals surface area contributed by atoms with E-state index in [0.717, 1.165) is 11.3 Å². The number of esters is 1. The monoisotopic (exact) mass is 459 g/mol. The molecule has 2 aromatic heterocycles. The minimum Gasteiger partial charge on any atom is -0.491 e. The molecule has 1 N–H and O–H groups in total. The average molecular weight is 460 g/mol. The molecule has 3 rings (SSSR count). The number of fused-ring (bicyclic) bond motifs is 1. The zero-order chi connectivity index (χ0) is 23.3. The zero-order valence-electron chi connectivity index (χ0n) is 18.3. The van der Waals surface area contributed by atoms with Crippen molar-refractivity contribution in [2.75, 3.05) is 25.6 Å². The number of carbonyl (C=O) groups is 2. The molecule has 32 heavy (non-hydrogen) atoms. The van der Waals surface area contributed by atoms with Crippen LogP contribution in [0.2, 0.25) is 0 Å². The molecule has 0 radical (unpaired) electrons. The first-order chi connectivity index (χ1) is 15.3. The fraction of sp³-hybridized carbons (Fsp3) is 0.364.